The van der Waals surface area contributed by atoms with Gasteiger partial charge in [-0.05, 0) is 44.2 Å². The van der Waals surface area contributed by atoms with E-state index in [1.54, 1.807) is 25.3 Å². The molecule has 0 amide bonds. The van der Waals surface area contributed by atoms with E-state index in [1.807, 2.05) is 0 Å². The Hall–Kier alpha value is -3.36. The van der Waals surface area contributed by atoms with E-state index in [-0.39, 0.29) is 11.5 Å². The van der Waals surface area contributed by atoms with Gasteiger partial charge in [-0.25, -0.2) is 4.68 Å². The predicted octanol–water partition coefficient (Wildman–Crippen LogP) is 4.53. The average Bonchev–Trinajstić information content (AvgIpc) is 3.04. The maximum atomic E-state index is 12.9. The molecule has 0 bridgehead atoms. The van der Waals surface area contributed by atoms with Crippen molar-refractivity contribution in [1.82, 2.24) is 14.8 Å². The van der Waals surface area contributed by atoms with Gasteiger partial charge in [0.15, 0.2) is 5.82 Å². The molecule has 0 aliphatic rings. The maximum Gasteiger partial charge on any atom is 0.416 e. The number of carboxylic acid groups (broad SMARTS) is 1. The molecule has 0 aliphatic carbocycles. The lowest BCUT2D eigenvalue weighted by Gasteiger charge is -2.10. The number of nitrogens with one attached hydrogen (secondary N) is 1. The van der Waals surface area contributed by atoms with Crippen LogP contribution in [0, 0.1) is 6.92 Å². The van der Waals surface area contributed by atoms with Gasteiger partial charge in [-0.1, -0.05) is 6.07 Å². The van der Waals surface area contributed by atoms with E-state index < -0.39 is 23.6 Å². The van der Waals surface area contributed by atoms with Gasteiger partial charge in [-0.2, -0.15) is 13.2 Å². The van der Waals surface area contributed by atoms with E-state index in [4.69, 9.17) is 0 Å². The van der Waals surface area contributed by atoms with Crippen LogP contribution in [-0.4, -0.2) is 25.8 Å². The average molecular weight is 390 g/mol. The number of anilines is 2. The summed E-state index contributed by atoms with van der Waals surface area (Å²) in [5.41, 5.74) is 1.11. The molecule has 0 aliphatic heterocycles. The van der Waals surface area contributed by atoms with E-state index in [1.165, 1.54) is 29.8 Å². The summed E-state index contributed by atoms with van der Waals surface area (Å²) in [6.45, 7) is 3.30. The Morgan fingerprint density at radius 3 is 2.61 bits per heavy atom. The number of alkyl halides is 3. The van der Waals surface area contributed by atoms with Crippen molar-refractivity contribution >= 4 is 17.5 Å². The lowest BCUT2D eigenvalue weighted by molar-refractivity contribution is -0.139. The normalized spacial score (nSPS) is 12.6. The molecule has 1 aromatic carbocycles. The second-order valence-corrected chi connectivity index (χ2v) is 6.29. The van der Waals surface area contributed by atoms with Crippen LogP contribution in [0.5, 0.6) is 0 Å². The Kier molecular flexibility index (Phi) is 5.08. The van der Waals surface area contributed by atoms with E-state index in [9.17, 15) is 23.1 Å². The van der Waals surface area contributed by atoms with E-state index >= 15 is 0 Å². The quantitative estimate of drug-likeness (QED) is 0.669. The Morgan fingerprint density at radius 2 is 1.96 bits per heavy atom. The van der Waals surface area contributed by atoms with E-state index in [0.717, 1.165) is 12.1 Å². The summed E-state index contributed by atoms with van der Waals surface area (Å²) in [7, 11) is 0. The molecular weight excluding hydrogens is 373 g/mol. The molecule has 0 spiro atoms. The number of aryl methyl sites for hydroxylation is 1. The third kappa shape index (κ3) is 4.13. The first kappa shape index (κ1) is 19.4. The number of rotatable bonds is 5. The lowest BCUT2D eigenvalue weighted by atomic mass is 10.1. The molecule has 0 saturated heterocycles. The van der Waals surface area contributed by atoms with Gasteiger partial charge in [0.25, 0.3) is 0 Å². The maximum absolute atomic E-state index is 12.9. The second-order valence-electron chi connectivity index (χ2n) is 6.29. The molecule has 6 nitrogen and oxygen atoms in total. The van der Waals surface area contributed by atoms with Crippen LogP contribution in [0.25, 0.3) is 5.69 Å². The SMILES string of the molecule is Cc1cc(-n2nc(Nc3cccc(C(F)(F)F)c3)cc2C(C)C(=O)O)ccn1. The van der Waals surface area contributed by atoms with Crippen LogP contribution in [0.4, 0.5) is 24.7 Å². The first-order valence-corrected chi connectivity index (χ1v) is 8.35. The van der Waals surface area contributed by atoms with Gasteiger partial charge in [0, 0.05) is 23.6 Å². The molecule has 3 rings (SSSR count). The number of halogens is 3. The molecular formula is C19H17F3N4O2. The third-order valence-corrected chi connectivity index (χ3v) is 4.14. The first-order chi connectivity index (χ1) is 13.1. The van der Waals surface area contributed by atoms with Gasteiger partial charge >= 0.3 is 12.1 Å². The summed E-state index contributed by atoms with van der Waals surface area (Å²) in [6, 6.07) is 9.62. The topological polar surface area (TPSA) is 80.0 Å². The monoisotopic (exact) mass is 390 g/mol. The number of pyridine rings is 1. The minimum absolute atomic E-state index is 0.194. The van der Waals surface area contributed by atoms with E-state index in [2.05, 4.69) is 15.4 Å². The summed E-state index contributed by atoms with van der Waals surface area (Å²) >= 11 is 0. The number of benzene rings is 1. The van der Waals surface area contributed by atoms with Crippen molar-refractivity contribution in [1.29, 1.82) is 0 Å². The fourth-order valence-corrected chi connectivity index (χ4v) is 2.68. The molecule has 1 atom stereocenters. The van der Waals surface area contributed by atoms with Crippen LogP contribution in [0.15, 0.2) is 48.7 Å². The van der Waals surface area contributed by atoms with Crippen LogP contribution in [0.1, 0.15) is 29.8 Å². The fourth-order valence-electron chi connectivity index (χ4n) is 2.68. The highest BCUT2D eigenvalue weighted by atomic mass is 19.4. The molecule has 2 N–H and O–H groups in total. The van der Waals surface area contributed by atoms with E-state index in [0.29, 0.717) is 17.1 Å². The summed E-state index contributed by atoms with van der Waals surface area (Å²) in [6.07, 6.45) is -2.89. The first-order valence-electron chi connectivity index (χ1n) is 8.35. The molecule has 146 valence electrons. The Bertz CT molecular complexity index is 1010. The zero-order chi connectivity index (χ0) is 20.5. The van der Waals surface area contributed by atoms with Crippen molar-refractivity contribution < 1.29 is 23.1 Å². The molecule has 0 fully saturated rings. The van der Waals surface area contributed by atoms with Crippen LogP contribution < -0.4 is 5.32 Å². The molecule has 1 unspecified atom stereocenters. The number of carboxylic acids is 1. The minimum Gasteiger partial charge on any atom is -0.481 e. The zero-order valence-electron chi connectivity index (χ0n) is 15.0. The third-order valence-electron chi connectivity index (χ3n) is 4.14. The van der Waals surface area contributed by atoms with Gasteiger partial charge in [0.1, 0.15) is 0 Å². The molecule has 9 heteroatoms. The molecule has 3 aromatic rings. The van der Waals surface area contributed by atoms with Gasteiger partial charge in [-0.3, -0.25) is 9.78 Å². The Labute approximate surface area is 158 Å². The van der Waals surface area contributed by atoms with Gasteiger partial charge in [0.05, 0.1) is 22.9 Å². The molecule has 2 aromatic heterocycles. The summed E-state index contributed by atoms with van der Waals surface area (Å²) < 4.78 is 40.2. The van der Waals surface area contributed by atoms with Crippen molar-refractivity contribution in [3.63, 3.8) is 0 Å². The van der Waals surface area contributed by atoms with Crippen LogP contribution >= 0.6 is 0 Å². The van der Waals surface area contributed by atoms with Gasteiger partial charge in [0.2, 0.25) is 0 Å². The number of carbonyl (C=O) groups is 1. The lowest BCUT2D eigenvalue weighted by Crippen LogP contribution is -2.13. The largest absolute Gasteiger partial charge is 0.481 e. The highest BCUT2D eigenvalue weighted by Crippen LogP contribution is 2.32. The summed E-state index contributed by atoms with van der Waals surface area (Å²) in [5.74, 6) is -1.69. The minimum atomic E-state index is -4.46. The highest BCUT2D eigenvalue weighted by molar-refractivity contribution is 5.76. The van der Waals surface area contributed by atoms with Gasteiger partial charge in [-0.15, -0.1) is 5.10 Å². The number of hydrogen-bond donors (Lipinski definition) is 2. The molecule has 2 heterocycles. The standard InChI is InChI=1S/C19H17F3N4O2/c1-11-8-15(6-7-23-11)26-16(12(2)18(27)28)10-17(25-26)24-14-5-3-4-13(9-14)19(20,21)22/h3-10,12H,1-2H3,(H,24,25)(H,27,28). The zero-order valence-corrected chi connectivity index (χ0v) is 15.0. The van der Waals surface area contributed by atoms with Crippen molar-refractivity contribution in [2.75, 3.05) is 5.32 Å². The molecule has 0 radical (unpaired) electrons. The number of nitrogens with zero attached hydrogens (tertiary/aromatic N) is 3. The molecule has 28 heavy (non-hydrogen) atoms. The van der Waals surface area contributed by atoms with Crippen LogP contribution in [0.3, 0.4) is 0 Å². The molecule has 0 saturated carbocycles. The van der Waals surface area contributed by atoms with Crippen molar-refractivity contribution in [2.45, 2.75) is 25.9 Å². The van der Waals surface area contributed by atoms with Crippen LogP contribution in [0.2, 0.25) is 0 Å². The summed E-state index contributed by atoms with van der Waals surface area (Å²) in [5, 5.41) is 16.5. The fraction of sp³-hybridized carbons (Fsp3) is 0.211. The smallest absolute Gasteiger partial charge is 0.416 e. The van der Waals surface area contributed by atoms with Crippen molar-refractivity contribution in [3.05, 3.63) is 65.6 Å². The number of hydrogen-bond acceptors (Lipinski definition) is 4. The second kappa shape index (κ2) is 7.34. The predicted molar refractivity (Wildman–Crippen MR) is 96.9 cm³/mol. The highest BCUT2D eigenvalue weighted by Gasteiger charge is 2.30. The van der Waals surface area contributed by atoms with Crippen LogP contribution in [-0.2, 0) is 11.0 Å². The Morgan fingerprint density at radius 1 is 1.21 bits per heavy atom. The Balaban J connectivity index is 2.01. The van der Waals surface area contributed by atoms with Crippen molar-refractivity contribution in [2.24, 2.45) is 0 Å². The summed E-state index contributed by atoms with van der Waals surface area (Å²) in [4.78, 5) is 15.6. The number of aliphatic carboxylic acids is 1. The van der Waals surface area contributed by atoms with Gasteiger partial charge < -0.3 is 10.4 Å². The number of aromatic nitrogens is 3. The van der Waals surface area contributed by atoms with Crippen molar-refractivity contribution in [3.8, 4) is 5.69 Å².